The van der Waals surface area contributed by atoms with Gasteiger partial charge in [0.05, 0.1) is 29.8 Å². The molecule has 0 unspecified atom stereocenters. The molecule has 0 aromatic heterocycles. The number of hydrogen-bond acceptors (Lipinski definition) is 9. The highest BCUT2D eigenvalue weighted by Gasteiger charge is 2.47. The van der Waals surface area contributed by atoms with Crippen LogP contribution in [0.25, 0.3) is 0 Å². The zero-order valence-corrected chi connectivity index (χ0v) is 25.9. The van der Waals surface area contributed by atoms with E-state index in [9.17, 15) is 24.9 Å². The lowest BCUT2D eigenvalue weighted by atomic mass is 9.77. The molecule has 2 amide bonds. The van der Waals surface area contributed by atoms with Crippen molar-refractivity contribution in [2.75, 3.05) is 34.2 Å². The highest BCUT2D eigenvalue weighted by Crippen LogP contribution is 2.35. The summed E-state index contributed by atoms with van der Waals surface area (Å²) in [7, 11) is 5.50. The number of nitrogens with one attached hydrogen (secondary N) is 1. The molecule has 40 heavy (non-hydrogen) atoms. The quantitative estimate of drug-likeness (QED) is 0.277. The Labute approximate surface area is 240 Å². The van der Waals surface area contributed by atoms with E-state index < -0.39 is 42.0 Å². The van der Waals surface area contributed by atoms with Crippen molar-refractivity contribution in [3.8, 4) is 0 Å². The second-order valence-corrected chi connectivity index (χ2v) is 12.9. The van der Waals surface area contributed by atoms with Gasteiger partial charge in [-0.3, -0.25) is 9.59 Å². The van der Waals surface area contributed by atoms with E-state index in [-0.39, 0.29) is 48.8 Å². The average Bonchev–Trinajstić information content (AvgIpc) is 2.86. The summed E-state index contributed by atoms with van der Waals surface area (Å²) in [6, 6.07) is -0.584. The Morgan fingerprint density at radius 3 is 2.40 bits per heavy atom. The van der Waals surface area contributed by atoms with E-state index in [4.69, 9.17) is 15.2 Å². The van der Waals surface area contributed by atoms with Crippen LogP contribution in [0.2, 0.25) is 0 Å². The summed E-state index contributed by atoms with van der Waals surface area (Å²) in [4.78, 5) is 30.0. The highest BCUT2D eigenvalue weighted by atomic mass is 16.7. The molecule has 2 heterocycles. The number of ether oxygens (including phenoxy) is 2. The second-order valence-electron chi connectivity index (χ2n) is 12.9. The fourth-order valence-electron chi connectivity index (χ4n) is 6.34. The molecule has 234 valence electrons. The maximum atomic E-state index is 13.3. The van der Waals surface area contributed by atoms with E-state index in [1.807, 2.05) is 32.8 Å². The fourth-order valence-corrected chi connectivity index (χ4v) is 6.34. The van der Waals surface area contributed by atoms with Crippen molar-refractivity contribution in [2.24, 2.45) is 23.5 Å². The Morgan fingerprint density at radius 1 is 1.15 bits per heavy atom. The van der Waals surface area contributed by atoms with Gasteiger partial charge in [-0.2, -0.15) is 0 Å². The molecular formula is C29H56N4O7. The van der Waals surface area contributed by atoms with Gasteiger partial charge in [-0.1, -0.05) is 27.2 Å². The third-order valence-electron chi connectivity index (χ3n) is 8.66. The van der Waals surface area contributed by atoms with Gasteiger partial charge in [0.1, 0.15) is 6.10 Å². The predicted octanol–water partition coefficient (Wildman–Crippen LogP) is 0.684. The Balaban J connectivity index is 2.41. The van der Waals surface area contributed by atoms with Crippen molar-refractivity contribution < 1.29 is 34.4 Å². The lowest BCUT2D eigenvalue weighted by Gasteiger charge is -2.46. The molecule has 2 fully saturated rings. The third kappa shape index (κ3) is 9.34. The number of rotatable bonds is 7. The number of aliphatic hydroxyl groups is 3. The summed E-state index contributed by atoms with van der Waals surface area (Å²) in [6.45, 7) is 9.84. The molecule has 11 heteroatoms. The first-order chi connectivity index (χ1) is 18.6. The predicted molar refractivity (Wildman–Crippen MR) is 153 cm³/mol. The van der Waals surface area contributed by atoms with Crippen LogP contribution in [0.5, 0.6) is 0 Å². The zero-order chi connectivity index (χ0) is 30.4. The van der Waals surface area contributed by atoms with Crippen molar-refractivity contribution in [3.05, 3.63) is 0 Å². The maximum Gasteiger partial charge on any atom is 0.225 e. The van der Waals surface area contributed by atoms with E-state index >= 15 is 0 Å². The van der Waals surface area contributed by atoms with Gasteiger partial charge < -0.3 is 45.6 Å². The van der Waals surface area contributed by atoms with Gasteiger partial charge in [0.15, 0.2) is 6.29 Å². The third-order valence-corrected chi connectivity index (χ3v) is 8.66. The van der Waals surface area contributed by atoms with Gasteiger partial charge in [-0.15, -0.1) is 0 Å². The van der Waals surface area contributed by atoms with E-state index in [1.54, 1.807) is 32.7 Å². The van der Waals surface area contributed by atoms with Gasteiger partial charge in [0.2, 0.25) is 11.8 Å². The SMILES string of the molecule is C[C@H]1CN(C)C(=O)C[C@H](CCCCN)NC(=O)[C@H](C)[C@@H](O)[C@H](C)[C@@H](O[C@@H]2O[C@H](C)C[C@H](N(C)C)[C@H]2O)[C@](C)(O)C1. The highest BCUT2D eigenvalue weighted by molar-refractivity contribution is 5.81. The van der Waals surface area contributed by atoms with E-state index in [0.29, 0.717) is 25.9 Å². The standard InChI is InChI=1S/C29H56N4O7/c1-17-15-29(5,38)26(40-28-25(36)22(32(6)7)13-18(2)39-28)19(3)24(35)20(4)27(37)31-21(11-9-10-12-30)14-23(34)33(8)16-17/h17-22,24-26,28,35-36,38H,9-16,30H2,1-8H3,(H,31,37)/t17-,18-,19+,20-,21+,22+,24+,25-,26-,28+,29-/m1/s1. The molecule has 0 aromatic rings. The van der Waals surface area contributed by atoms with Crippen LogP contribution >= 0.6 is 0 Å². The Hall–Kier alpha value is -1.34. The van der Waals surface area contributed by atoms with Crippen molar-refractivity contribution in [2.45, 2.75) is 122 Å². The lowest BCUT2D eigenvalue weighted by molar-refractivity contribution is -0.299. The van der Waals surface area contributed by atoms with Crippen molar-refractivity contribution in [3.63, 3.8) is 0 Å². The number of nitrogens with zero attached hydrogens (tertiary/aromatic N) is 2. The number of carbonyl (C=O) groups is 2. The van der Waals surface area contributed by atoms with Crippen LogP contribution in [-0.4, -0.2) is 120 Å². The number of nitrogens with two attached hydrogens (primary N) is 1. The summed E-state index contributed by atoms with van der Waals surface area (Å²) in [5.41, 5.74) is 4.18. The molecule has 0 saturated carbocycles. The van der Waals surface area contributed by atoms with Gasteiger partial charge in [0, 0.05) is 38.0 Å². The summed E-state index contributed by atoms with van der Waals surface area (Å²) < 4.78 is 12.4. The zero-order valence-electron chi connectivity index (χ0n) is 25.9. The van der Waals surface area contributed by atoms with Gasteiger partial charge in [-0.05, 0) is 66.1 Å². The molecule has 11 atom stereocenters. The average molecular weight is 573 g/mol. The number of likely N-dealkylation sites (N-methyl/N-ethyl adjacent to an activating group) is 1. The van der Waals surface area contributed by atoms with Crippen molar-refractivity contribution in [1.29, 1.82) is 0 Å². The van der Waals surface area contributed by atoms with Crippen LogP contribution in [0.3, 0.4) is 0 Å². The molecule has 2 aliphatic heterocycles. The first-order valence-corrected chi connectivity index (χ1v) is 14.9. The van der Waals surface area contributed by atoms with Crippen LogP contribution in [-0.2, 0) is 19.1 Å². The van der Waals surface area contributed by atoms with Crippen LogP contribution in [0.4, 0.5) is 0 Å². The Morgan fingerprint density at radius 2 is 1.80 bits per heavy atom. The Bertz CT molecular complexity index is 813. The van der Waals surface area contributed by atoms with Crippen molar-refractivity contribution >= 4 is 11.8 Å². The molecule has 2 rings (SSSR count). The number of hydrogen-bond donors (Lipinski definition) is 5. The molecular weight excluding hydrogens is 516 g/mol. The molecule has 11 nitrogen and oxygen atoms in total. The maximum absolute atomic E-state index is 13.3. The summed E-state index contributed by atoms with van der Waals surface area (Å²) in [6.07, 6.45) is -1.12. The van der Waals surface area contributed by atoms with Crippen LogP contribution < -0.4 is 11.1 Å². The van der Waals surface area contributed by atoms with Gasteiger partial charge in [-0.25, -0.2) is 0 Å². The summed E-state index contributed by atoms with van der Waals surface area (Å²) in [5, 5.41) is 37.4. The minimum atomic E-state index is -1.47. The lowest BCUT2D eigenvalue weighted by Crippen LogP contribution is -2.59. The molecule has 0 aliphatic carbocycles. The topological polar surface area (TPSA) is 158 Å². The minimum absolute atomic E-state index is 0.0987. The molecule has 6 N–H and O–H groups in total. The Kier molecular flexibility index (Phi) is 13.3. The normalized spacial score (nSPS) is 41.1. The summed E-state index contributed by atoms with van der Waals surface area (Å²) in [5.74, 6) is -2.10. The van der Waals surface area contributed by atoms with Crippen LogP contribution in [0, 0.1) is 17.8 Å². The summed E-state index contributed by atoms with van der Waals surface area (Å²) >= 11 is 0. The van der Waals surface area contributed by atoms with Crippen LogP contribution in [0.15, 0.2) is 0 Å². The van der Waals surface area contributed by atoms with Crippen molar-refractivity contribution in [1.82, 2.24) is 15.1 Å². The number of aliphatic hydroxyl groups excluding tert-OH is 2. The minimum Gasteiger partial charge on any atom is -0.392 e. The molecule has 2 aliphatic rings. The van der Waals surface area contributed by atoms with Gasteiger partial charge in [0.25, 0.3) is 0 Å². The molecule has 0 radical (unpaired) electrons. The first-order valence-electron chi connectivity index (χ1n) is 14.9. The number of amides is 2. The van der Waals surface area contributed by atoms with Gasteiger partial charge >= 0.3 is 0 Å². The van der Waals surface area contributed by atoms with E-state index in [1.165, 1.54) is 0 Å². The number of unbranched alkanes of at least 4 members (excludes halogenated alkanes) is 1. The molecule has 0 spiro atoms. The smallest absolute Gasteiger partial charge is 0.225 e. The largest absolute Gasteiger partial charge is 0.392 e. The number of carbonyl (C=O) groups excluding carboxylic acids is 2. The van der Waals surface area contributed by atoms with Crippen LogP contribution in [0.1, 0.15) is 73.1 Å². The fraction of sp³-hybridized carbons (Fsp3) is 0.931. The van der Waals surface area contributed by atoms with E-state index in [2.05, 4.69) is 5.32 Å². The van der Waals surface area contributed by atoms with E-state index in [0.717, 1.165) is 12.8 Å². The first kappa shape index (κ1) is 34.9. The monoisotopic (exact) mass is 572 g/mol. The molecule has 0 bridgehead atoms. The second kappa shape index (κ2) is 15.2. The molecule has 0 aromatic carbocycles. The molecule has 2 saturated heterocycles.